The number of hydrogen-bond acceptors (Lipinski definition) is 4. The highest BCUT2D eigenvalue weighted by atomic mass is 79.9. The molecule has 170 valence electrons. The van der Waals surface area contributed by atoms with Gasteiger partial charge in [-0.15, -0.1) is 0 Å². The molecule has 1 saturated heterocycles. The van der Waals surface area contributed by atoms with Crippen molar-refractivity contribution in [2.75, 3.05) is 6.54 Å². The lowest BCUT2D eigenvalue weighted by atomic mass is 9.81. The average Bonchev–Trinajstić information content (AvgIpc) is 3.46. The summed E-state index contributed by atoms with van der Waals surface area (Å²) in [7, 11) is 0. The van der Waals surface area contributed by atoms with E-state index in [1.807, 2.05) is 0 Å². The third kappa shape index (κ3) is 3.80. The van der Waals surface area contributed by atoms with E-state index in [0.29, 0.717) is 10.6 Å². The van der Waals surface area contributed by atoms with Crippen molar-refractivity contribution in [1.82, 2.24) is 10.0 Å². The van der Waals surface area contributed by atoms with Crippen molar-refractivity contribution in [2.45, 2.75) is 19.3 Å². The number of nitrogens with zero attached hydrogens (tertiary/aromatic N) is 2. The fourth-order valence-corrected chi connectivity index (χ4v) is 6.28. The van der Waals surface area contributed by atoms with Crippen molar-refractivity contribution in [3.8, 4) is 0 Å². The SMILES string of the molecule is O=C(CN(C(=O)c1ccc(Cl)cc1Cl)N1C(=O)[C@H]2[C@H]3CC[C@@H](C3)[C@@H]2C1=O)c1ccc(Br)cc1. The molecule has 33 heavy (non-hydrogen) atoms. The molecule has 3 fully saturated rings. The summed E-state index contributed by atoms with van der Waals surface area (Å²) in [6.45, 7) is -0.467. The Balaban J connectivity index is 1.52. The molecule has 2 aliphatic carbocycles. The number of fused-ring (bicyclic) bond motifs is 5. The Morgan fingerprint density at radius 2 is 1.58 bits per heavy atom. The smallest absolute Gasteiger partial charge is 0.274 e. The maximum Gasteiger partial charge on any atom is 0.274 e. The minimum absolute atomic E-state index is 0.0605. The Hall–Kier alpha value is -2.22. The van der Waals surface area contributed by atoms with E-state index in [-0.39, 0.29) is 22.4 Å². The van der Waals surface area contributed by atoms with Gasteiger partial charge in [-0.25, -0.2) is 5.01 Å². The average molecular weight is 550 g/mol. The van der Waals surface area contributed by atoms with Gasteiger partial charge in [0.05, 0.1) is 22.4 Å². The fraction of sp³-hybridized carbons (Fsp3) is 0.333. The molecule has 0 N–H and O–H groups in total. The van der Waals surface area contributed by atoms with E-state index in [4.69, 9.17) is 23.2 Å². The first-order valence-corrected chi connectivity index (χ1v) is 12.2. The molecule has 3 amide bonds. The van der Waals surface area contributed by atoms with Crippen LogP contribution in [-0.4, -0.2) is 40.1 Å². The van der Waals surface area contributed by atoms with Crippen LogP contribution in [0.1, 0.15) is 40.0 Å². The molecule has 2 bridgehead atoms. The third-order valence-electron chi connectivity index (χ3n) is 7.00. The zero-order valence-corrected chi connectivity index (χ0v) is 20.4. The highest BCUT2D eigenvalue weighted by Gasteiger charge is 2.62. The predicted molar refractivity (Wildman–Crippen MR) is 126 cm³/mol. The molecule has 0 unspecified atom stereocenters. The fourth-order valence-electron chi connectivity index (χ4n) is 5.53. The van der Waals surface area contributed by atoms with Gasteiger partial charge in [0.2, 0.25) is 0 Å². The summed E-state index contributed by atoms with van der Waals surface area (Å²) in [6, 6.07) is 11.0. The molecular formula is C24H19BrCl2N2O4. The van der Waals surface area contributed by atoms with Crippen molar-refractivity contribution in [3.05, 3.63) is 68.1 Å². The van der Waals surface area contributed by atoms with Gasteiger partial charge in [-0.3, -0.25) is 19.2 Å². The number of imide groups is 1. The van der Waals surface area contributed by atoms with Crippen LogP contribution >= 0.6 is 39.1 Å². The zero-order chi connectivity index (χ0) is 23.4. The van der Waals surface area contributed by atoms with Crippen LogP contribution < -0.4 is 0 Å². The quantitative estimate of drug-likeness (QED) is 0.387. The van der Waals surface area contributed by atoms with Crippen molar-refractivity contribution >= 4 is 62.6 Å². The minimum Gasteiger partial charge on any atom is -0.292 e. The van der Waals surface area contributed by atoms with E-state index in [0.717, 1.165) is 33.8 Å². The lowest BCUT2D eigenvalue weighted by Crippen LogP contribution is -2.52. The number of carbonyl (C=O) groups excluding carboxylic acids is 4. The van der Waals surface area contributed by atoms with Crippen LogP contribution in [0, 0.1) is 23.7 Å². The maximum absolute atomic E-state index is 13.6. The van der Waals surface area contributed by atoms with E-state index >= 15 is 0 Å². The lowest BCUT2D eigenvalue weighted by Gasteiger charge is -2.31. The summed E-state index contributed by atoms with van der Waals surface area (Å²) in [4.78, 5) is 53.5. The molecule has 0 spiro atoms. The number of ketones is 1. The molecule has 2 saturated carbocycles. The molecule has 1 heterocycles. The molecule has 1 aliphatic heterocycles. The highest BCUT2D eigenvalue weighted by molar-refractivity contribution is 9.10. The Morgan fingerprint density at radius 3 is 2.15 bits per heavy atom. The second-order valence-electron chi connectivity index (χ2n) is 8.79. The van der Waals surface area contributed by atoms with Crippen molar-refractivity contribution in [3.63, 3.8) is 0 Å². The van der Waals surface area contributed by atoms with Crippen LogP contribution in [0.15, 0.2) is 46.9 Å². The third-order valence-corrected chi connectivity index (χ3v) is 8.08. The Labute approximate surface area is 208 Å². The van der Waals surface area contributed by atoms with E-state index in [1.54, 1.807) is 24.3 Å². The molecule has 9 heteroatoms. The number of halogens is 3. The van der Waals surface area contributed by atoms with E-state index in [1.165, 1.54) is 18.2 Å². The predicted octanol–water partition coefficient (Wildman–Crippen LogP) is 5.03. The first-order chi connectivity index (χ1) is 15.8. The molecular weight excluding hydrogens is 531 g/mol. The summed E-state index contributed by atoms with van der Waals surface area (Å²) >= 11 is 15.6. The topological polar surface area (TPSA) is 74.8 Å². The molecule has 6 nitrogen and oxygen atoms in total. The zero-order valence-electron chi connectivity index (χ0n) is 17.3. The van der Waals surface area contributed by atoms with Gasteiger partial charge in [0, 0.05) is 15.1 Å². The van der Waals surface area contributed by atoms with Gasteiger partial charge in [-0.05, 0) is 61.4 Å². The minimum atomic E-state index is -0.698. The standard InChI is InChI=1S/C24H19BrCl2N2O4/c25-15-5-3-12(4-6-15)19(30)11-28(22(31)17-8-7-16(26)10-18(17)27)29-23(32)20-13-1-2-14(9-13)21(20)24(29)33/h3-8,10,13-14,20-21H,1-2,9,11H2/t13-,14-,20-,21-/m0/s1. The normalized spacial score (nSPS) is 25.5. The largest absolute Gasteiger partial charge is 0.292 e. The Kier molecular flexibility index (Phi) is 5.83. The number of Topliss-reactive ketones (excluding diaryl/α,β-unsaturated/α-hetero) is 1. The number of benzene rings is 2. The van der Waals surface area contributed by atoms with Crippen LogP contribution in [0.3, 0.4) is 0 Å². The summed E-state index contributed by atoms with van der Waals surface area (Å²) in [6.07, 6.45) is 2.69. The van der Waals surface area contributed by atoms with Gasteiger partial charge >= 0.3 is 0 Å². The number of carbonyl (C=O) groups is 4. The number of amides is 3. The maximum atomic E-state index is 13.6. The van der Waals surface area contributed by atoms with Crippen LogP contribution in [0.25, 0.3) is 0 Å². The van der Waals surface area contributed by atoms with Crippen LogP contribution in [0.4, 0.5) is 0 Å². The summed E-state index contributed by atoms with van der Waals surface area (Å²) < 4.78 is 0.799. The van der Waals surface area contributed by atoms with Gasteiger partial charge in [0.25, 0.3) is 17.7 Å². The van der Waals surface area contributed by atoms with Gasteiger partial charge in [0.15, 0.2) is 5.78 Å². The van der Waals surface area contributed by atoms with Gasteiger partial charge in [-0.2, -0.15) is 5.01 Å². The molecule has 0 radical (unpaired) electrons. The molecule has 3 aliphatic rings. The first kappa shape index (κ1) is 22.6. The second-order valence-corrected chi connectivity index (χ2v) is 10.5. The van der Waals surface area contributed by atoms with Crippen LogP contribution in [0.5, 0.6) is 0 Å². The molecule has 4 atom stereocenters. The van der Waals surface area contributed by atoms with Crippen molar-refractivity contribution in [1.29, 1.82) is 0 Å². The van der Waals surface area contributed by atoms with Gasteiger partial charge in [-0.1, -0.05) is 51.3 Å². The molecule has 5 rings (SSSR count). The van der Waals surface area contributed by atoms with Gasteiger partial charge in [0.1, 0.15) is 6.54 Å². The molecule has 2 aromatic carbocycles. The number of hydrazine groups is 1. The molecule has 0 aromatic heterocycles. The first-order valence-electron chi connectivity index (χ1n) is 10.7. The molecule has 2 aromatic rings. The summed E-state index contributed by atoms with van der Waals surface area (Å²) in [5.41, 5.74) is 0.419. The second kappa shape index (κ2) is 8.53. The van der Waals surface area contributed by atoms with E-state index < -0.39 is 41.9 Å². The van der Waals surface area contributed by atoms with Crippen LogP contribution in [0.2, 0.25) is 10.0 Å². The summed E-state index contributed by atoms with van der Waals surface area (Å²) in [5.74, 6) is -2.44. The summed E-state index contributed by atoms with van der Waals surface area (Å²) in [5, 5.41) is 2.28. The Morgan fingerprint density at radius 1 is 0.970 bits per heavy atom. The monoisotopic (exact) mass is 548 g/mol. The number of hydrogen-bond donors (Lipinski definition) is 0. The van der Waals surface area contributed by atoms with E-state index in [2.05, 4.69) is 15.9 Å². The highest BCUT2D eigenvalue weighted by Crippen LogP contribution is 2.56. The Bertz CT molecular complexity index is 1160. The lowest BCUT2D eigenvalue weighted by molar-refractivity contribution is -0.154. The number of rotatable bonds is 5. The van der Waals surface area contributed by atoms with Crippen LogP contribution in [-0.2, 0) is 9.59 Å². The van der Waals surface area contributed by atoms with Crippen molar-refractivity contribution < 1.29 is 19.2 Å². The van der Waals surface area contributed by atoms with E-state index in [9.17, 15) is 19.2 Å². The van der Waals surface area contributed by atoms with Crippen molar-refractivity contribution in [2.24, 2.45) is 23.7 Å². The van der Waals surface area contributed by atoms with Gasteiger partial charge < -0.3 is 0 Å².